The Balaban J connectivity index is 1.21. The number of likely N-dealkylation sites (tertiary alicyclic amines) is 2. The van der Waals surface area contributed by atoms with Crippen LogP contribution in [-0.4, -0.2) is 84.1 Å². The van der Waals surface area contributed by atoms with Crippen LogP contribution in [0.3, 0.4) is 0 Å². The van der Waals surface area contributed by atoms with Crippen LogP contribution in [0, 0.1) is 0 Å². The van der Waals surface area contributed by atoms with Gasteiger partial charge in [0.05, 0.1) is 35.7 Å². The average Bonchev–Trinajstić information content (AvgIpc) is 3.18. The van der Waals surface area contributed by atoms with E-state index in [-0.39, 0.29) is 23.9 Å². The van der Waals surface area contributed by atoms with E-state index in [4.69, 9.17) is 37.7 Å². The largest absolute Gasteiger partial charge is 0.496 e. The SMILES string of the molecule is COc1cc(-c2nccc(-c3cccc(-c4ccc(C(C)NC5CCN(C(C)=O)CC5)c(OC)n4)c3Cl)c2Cl)ccc1C(C)NC1CCN(C(C)=O)CC1. The van der Waals surface area contributed by atoms with Gasteiger partial charge in [-0.05, 0) is 63.8 Å². The molecule has 2 fully saturated rings. The Hall–Kier alpha value is -4.22. The first-order valence-corrected chi connectivity index (χ1v) is 19.4. The summed E-state index contributed by atoms with van der Waals surface area (Å²) < 4.78 is 11.7. The van der Waals surface area contributed by atoms with Crippen molar-refractivity contribution in [3.8, 4) is 45.3 Å². The molecule has 12 heteroatoms. The smallest absolute Gasteiger partial charge is 0.219 e. The monoisotopic (exact) mass is 772 g/mol. The summed E-state index contributed by atoms with van der Waals surface area (Å²) in [6.45, 7) is 10.5. The van der Waals surface area contributed by atoms with Gasteiger partial charge in [-0.25, -0.2) is 4.98 Å². The zero-order valence-electron chi connectivity index (χ0n) is 31.9. The van der Waals surface area contributed by atoms with Crippen molar-refractivity contribution < 1.29 is 19.1 Å². The molecule has 2 aliphatic rings. The Bertz CT molecular complexity index is 1840. The molecule has 0 saturated carbocycles. The number of rotatable bonds is 11. The number of carbonyl (C=O) groups excluding carboxylic acids is 2. The van der Waals surface area contributed by atoms with Crippen LogP contribution in [0.2, 0.25) is 10.0 Å². The second-order valence-electron chi connectivity index (χ2n) is 14.3. The van der Waals surface area contributed by atoms with Crippen molar-refractivity contribution in [3.05, 3.63) is 82.0 Å². The van der Waals surface area contributed by atoms with Gasteiger partial charge in [0.15, 0.2) is 0 Å². The molecule has 286 valence electrons. The van der Waals surface area contributed by atoms with Gasteiger partial charge in [0.1, 0.15) is 5.75 Å². The van der Waals surface area contributed by atoms with E-state index in [2.05, 4.69) is 35.5 Å². The van der Waals surface area contributed by atoms with Crippen molar-refractivity contribution >= 4 is 35.0 Å². The number of hydrogen-bond donors (Lipinski definition) is 2. The van der Waals surface area contributed by atoms with Crippen LogP contribution in [0.5, 0.6) is 11.6 Å². The van der Waals surface area contributed by atoms with E-state index in [1.54, 1.807) is 34.3 Å². The summed E-state index contributed by atoms with van der Waals surface area (Å²) in [5, 5.41) is 8.43. The van der Waals surface area contributed by atoms with E-state index in [0.29, 0.717) is 39.4 Å². The molecule has 0 spiro atoms. The minimum Gasteiger partial charge on any atom is -0.496 e. The minimum absolute atomic E-state index is 0.00427. The van der Waals surface area contributed by atoms with Crippen LogP contribution >= 0.6 is 23.2 Å². The second kappa shape index (κ2) is 17.5. The first-order valence-electron chi connectivity index (χ1n) is 18.7. The molecule has 2 aromatic carbocycles. The Kier molecular flexibility index (Phi) is 12.8. The highest BCUT2D eigenvalue weighted by Crippen LogP contribution is 2.43. The van der Waals surface area contributed by atoms with Gasteiger partial charge in [-0.1, -0.05) is 53.5 Å². The van der Waals surface area contributed by atoms with Gasteiger partial charge in [0.2, 0.25) is 17.7 Å². The zero-order valence-corrected chi connectivity index (χ0v) is 33.4. The summed E-state index contributed by atoms with van der Waals surface area (Å²) in [6, 6.07) is 18.4. The number of aromatic nitrogens is 2. The highest BCUT2D eigenvalue weighted by atomic mass is 35.5. The highest BCUT2D eigenvalue weighted by Gasteiger charge is 2.26. The van der Waals surface area contributed by atoms with Gasteiger partial charge in [0, 0.05) is 104 Å². The first-order chi connectivity index (χ1) is 26.0. The number of nitrogens with one attached hydrogen (secondary N) is 2. The molecule has 0 radical (unpaired) electrons. The summed E-state index contributed by atoms with van der Waals surface area (Å²) in [4.78, 5) is 36.9. The normalized spacial score (nSPS) is 16.6. The van der Waals surface area contributed by atoms with Crippen LogP contribution in [0.4, 0.5) is 0 Å². The maximum atomic E-state index is 11.8. The highest BCUT2D eigenvalue weighted by molar-refractivity contribution is 6.39. The van der Waals surface area contributed by atoms with Crippen LogP contribution in [0.15, 0.2) is 60.8 Å². The number of methoxy groups -OCH3 is 2. The van der Waals surface area contributed by atoms with Crippen molar-refractivity contribution in [2.45, 2.75) is 77.5 Å². The minimum atomic E-state index is -0.00427. The Morgan fingerprint density at radius 2 is 1.30 bits per heavy atom. The van der Waals surface area contributed by atoms with Crippen molar-refractivity contribution in [1.29, 1.82) is 0 Å². The second-order valence-corrected chi connectivity index (χ2v) is 15.0. The molecule has 4 heterocycles. The van der Waals surface area contributed by atoms with E-state index >= 15 is 0 Å². The standard InChI is InChI=1S/C42H50Cl2N6O4/c1-25(46-30-15-20-49(21-16-30)27(3)51)32-11-10-29(24-38(32)53-5)41-40(44)35(14-19-45-41)34-8-7-9-36(39(34)43)37-13-12-33(42(48-37)54-6)26(2)47-31-17-22-50(23-18-31)28(4)52/h7-14,19,24-26,30-31,46-47H,15-18,20-23H2,1-6H3. The lowest BCUT2D eigenvalue weighted by molar-refractivity contribution is -0.130. The van der Waals surface area contributed by atoms with Crippen molar-refractivity contribution in [1.82, 2.24) is 30.4 Å². The molecular weight excluding hydrogens is 723 g/mol. The van der Waals surface area contributed by atoms with Crippen LogP contribution in [-0.2, 0) is 9.59 Å². The summed E-state index contributed by atoms with van der Waals surface area (Å²) in [5.74, 6) is 1.53. The molecule has 2 atom stereocenters. The van der Waals surface area contributed by atoms with Gasteiger partial charge in [-0.2, -0.15) is 0 Å². The van der Waals surface area contributed by atoms with E-state index in [0.717, 1.165) is 91.0 Å². The number of carbonyl (C=O) groups is 2. The maximum absolute atomic E-state index is 11.8. The summed E-state index contributed by atoms with van der Waals surface area (Å²) in [5.41, 5.74) is 6.38. The molecule has 0 aliphatic carbocycles. The molecule has 10 nitrogen and oxygen atoms in total. The van der Waals surface area contributed by atoms with Crippen LogP contribution in [0.1, 0.15) is 76.6 Å². The van der Waals surface area contributed by atoms with Crippen molar-refractivity contribution in [2.24, 2.45) is 0 Å². The van der Waals surface area contributed by atoms with E-state index in [9.17, 15) is 9.59 Å². The molecule has 2 amide bonds. The van der Waals surface area contributed by atoms with Crippen LogP contribution < -0.4 is 20.1 Å². The topological polar surface area (TPSA) is 109 Å². The van der Waals surface area contributed by atoms with Gasteiger partial charge in [-0.3, -0.25) is 14.6 Å². The number of piperidine rings is 2. The molecule has 2 N–H and O–H groups in total. The number of ether oxygens (including phenoxy) is 2. The summed E-state index contributed by atoms with van der Waals surface area (Å²) in [7, 11) is 3.30. The third-order valence-electron chi connectivity index (χ3n) is 10.8. The molecule has 2 aromatic heterocycles. The molecule has 0 bridgehead atoms. The van der Waals surface area contributed by atoms with E-state index in [1.165, 1.54) is 0 Å². The third-order valence-corrected chi connectivity index (χ3v) is 11.6. The predicted octanol–water partition coefficient (Wildman–Crippen LogP) is 8.12. The lowest BCUT2D eigenvalue weighted by atomic mass is 9.97. The van der Waals surface area contributed by atoms with Crippen molar-refractivity contribution in [3.63, 3.8) is 0 Å². The molecule has 2 saturated heterocycles. The summed E-state index contributed by atoms with van der Waals surface area (Å²) in [6.07, 6.45) is 5.37. The first kappa shape index (κ1) is 39.5. The number of halogens is 2. The number of pyridine rings is 2. The quantitative estimate of drug-likeness (QED) is 0.157. The Morgan fingerprint density at radius 3 is 1.87 bits per heavy atom. The molecule has 54 heavy (non-hydrogen) atoms. The average molecular weight is 774 g/mol. The lowest BCUT2D eigenvalue weighted by Gasteiger charge is -2.33. The molecule has 2 aliphatic heterocycles. The van der Waals surface area contributed by atoms with Gasteiger partial charge in [-0.15, -0.1) is 0 Å². The number of nitrogens with zero attached hydrogens (tertiary/aromatic N) is 4. The maximum Gasteiger partial charge on any atom is 0.219 e. The Labute approximate surface area is 328 Å². The predicted molar refractivity (Wildman–Crippen MR) is 215 cm³/mol. The third kappa shape index (κ3) is 8.68. The van der Waals surface area contributed by atoms with Gasteiger partial charge >= 0.3 is 0 Å². The fourth-order valence-electron chi connectivity index (χ4n) is 7.71. The molecule has 6 rings (SSSR count). The zero-order chi connectivity index (χ0) is 38.5. The van der Waals surface area contributed by atoms with Gasteiger partial charge < -0.3 is 29.9 Å². The molecule has 2 unspecified atom stereocenters. The lowest BCUT2D eigenvalue weighted by Crippen LogP contribution is -2.44. The van der Waals surface area contributed by atoms with E-state index in [1.807, 2.05) is 58.3 Å². The van der Waals surface area contributed by atoms with E-state index < -0.39 is 0 Å². The summed E-state index contributed by atoms with van der Waals surface area (Å²) >= 11 is 14.3. The molecular formula is C42H50Cl2N6O4. The fraction of sp³-hybridized carbons (Fsp3) is 0.429. The number of benzene rings is 2. The van der Waals surface area contributed by atoms with Gasteiger partial charge in [0.25, 0.3) is 0 Å². The Morgan fingerprint density at radius 1 is 0.741 bits per heavy atom. The van der Waals surface area contributed by atoms with Crippen LogP contribution in [0.25, 0.3) is 33.6 Å². The molecule has 4 aromatic rings. The number of amides is 2. The van der Waals surface area contributed by atoms with Crippen molar-refractivity contribution in [2.75, 3.05) is 40.4 Å². The fourth-order valence-corrected chi connectivity index (χ4v) is 8.36. The number of hydrogen-bond acceptors (Lipinski definition) is 8.